The lowest BCUT2D eigenvalue weighted by atomic mass is 10.1. The average Bonchev–Trinajstić information content (AvgIpc) is 2.74. The first kappa shape index (κ1) is 19.1. The number of pyridine rings is 1. The molecular formula is C22H20N2O4. The SMILES string of the molecule is CCOC(=O)C(=O)Nc1cccc(-c2cccc(-c3ccccc3OC)n2)c1. The van der Waals surface area contributed by atoms with Gasteiger partial charge in [-0.3, -0.25) is 4.79 Å². The molecule has 3 rings (SSSR count). The minimum absolute atomic E-state index is 0.145. The van der Waals surface area contributed by atoms with E-state index in [0.29, 0.717) is 5.69 Å². The topological polar surface area (TPSA) is 77.5 Å². The first-order valence-electron chi connectivity index (χ1n) is 8.81. The zero-order valence-corrected chi connectivity index (χ0v) is 15.6. The van der Waals surface area contributed by atoms with Crippen molar-refractivity contribution in [3.8, 4) is 28.3 Å². The van der Waals surface area contributed by atoms with Crippen LogP contribution in [0.2, 0.25) is 0 Å². The number of nitrogens with zero attached hydrogens (tertiary/aromatic N) is 1. The molecule has 0 aliphatic heterocycles. The molecule has 6 heteroatoms. The highest BCUT2D eigenvalue weighted by Gasteiger charge is 2.15. The molecular weight excluding hydrogens is 356 g/mol. The molecule has 2 aromatic carbocycles. The Bertz CT molecular complexity index is 1000. The fourth-order valence-electron chi connectivity index (χ4n) is 2.74. The van der Waals surface area contributed by atoms with E-state index in [1.54, 1.807) is 32.2 Å². The van der Waals surface area contributed by atoms with Gasteiger partial charge in [0, 0.05) is 16.8 Å². The van der Waals surface area contributed by atoms with Crippen molar-refractivity contribution in [1.29, 1.82) is 0 Å². The van der Waals surface area contributed by atoms with Crippen molar-refractivity contribution < 1.29 is 19.1 Å². The smallest absolute Gasteiger partial charge is 0.397 e. The number of nitrogens with one attached hydrogen (secondary N) is 1. The third-order valence-corrected chi connectivity index (χ3v) is 4.01. The van der Waals surface area contributed by atoms with Crippen molar-refractivity contribution in [2.75, 3.05) is 19.0 Å². The van der Waals surface area contributed by atoms with E-state index in [-0.39, 0.29) is 6.61 Å². The van der Waals surface area contributed by atoms with Gasteiger partial charge in [-0.25, -0.2) is 9.78 Å². The number of ether oxygens (including phenoxy) is 2. The maximum absolute atomic E-state index is 11.8. The van der Waals surface area contributed by atoms with Crippen LogP contribution in [0.4, 0.5) is 5.69 Å². The fraction of sp³-hybridized carbons (Fsp3) is 0.136. The largest absolute Gasteiger partial charge is 0.496 e. The van der Waals surface area contributed by atoms with E-state index in [1.165, 1.54) is 0 Å². The highest BCUT2D eigenvalue weighted by Crippen LogP contribution is 2.30. The lowest BCUT2D eigenvalue weighted by molar-refractivity contribution is -0.152. The van der Waals surface area contributed by atoms with Gasteiger partial charge in [0.25, 0.3) is 0 Å². The molecule has 0 atom stereocenters. The van der Waals surface area contributed by atoms with Crippen LogP contribution in [0, 0.1) is 0 Å². The first-order valence-corrected chi connectivity index (χ1v) is 8.81. The summed E-state index contributed by atoms with van der Waals surface area (Å²) in [4.78, 5) is 28.1. The van der Waals surface area contributed by atoms with Crippen molar-refractivity contribution in [1.82, 2.24) is 4.98 Å². The molecule has 142 valence electrons. The predicted octanol–water partition coefficient (Wildman–Crippen LogP) is 3.93. The van der Waals surface area contributed by atoms with Gasteiger partial charge in [-0.15, -0.1) is 0 Å². The molecule has 1 N–H and O–H groups in total. The van der Waals surface area contributed by atoms with E-state index in [4.69, 9.17) is 14.5 Å². The summed E-state index contributed by atoms with van der Waals surface area (Å²) >= 11 is 0. The molecule has 1 amide bonds. The predicted molar refractivity (Wildman–Crippen MR) is 107 cm³/mol. The summed E-state index contributed by atoms with van der Waals surface area (Å²) in [5, 5.41) is 2.54. The average molecular weight is 376 g/mol. The maximum atomic E-state index is 11.8. The Hall–Kier alpha value is -3.67. The van der Waals surface area contributed by atoms with Crippen LogP contribution < -0.4 is 10.1 Å². The van der Waals surface area contributed by atoms with Gasteiger partial charge < -0.3 is 14.8 Å². The number of hydrogen-bond donors (Lipinski definition) is 1. The van der Waals surface area contributed by atoms with Crippen molar-refractivity contribution >= 4 is 17.6 Å². The Morgan fingerprint density at radius 2 is 1.71 bits per heavy atom. The van der Waals surface area contributed by atoms with E-state index in [1.807, 2.05) is 48.5 Å². The Morgan fingerprint density at radius 1 is 0.964 bits per heavy atom. The number of amides is 1. The number of esters is 1. The molecule has 0 saturated carbocycles. The summed E-state index contributed by atoms with van der Waals surface area (Å²) in [6, 6.07) is 20.5. The number of carbonyl (C=O) groups is 2. The third-order valence-electron chi connectivity index (χ3n) is 4.01. The van der Waals surface area contributed by atoms with Crippen LogP contribution in [0.15, 0.2) is 66.7 Å². The number of carbonyl (C=O) groups excluding carboxylic acids is 2. The highest BCUT2D eigenvalue weighted by molar-refractivity contribution is 6.37. The molecule has 28 heavy (non-hydrogen) atoms. The van der Waals surface area contributed by atoms with E-state index < -0.39 is 11.9 Å². The number of aromatic nitrogens is 1. The van der Waals surface area contributed by atoms with Crippen LogP contribution in [-0.4, -0.2) is 30.6 Å². The molecule has 0 fully saturated rings. The van der Waals surface area contributed by atoms with Crippen molar-refractivity contribution in [3.63, 3.8) is 0 Å². The Balaban J connectivity index is 1.89. The summed E-state index contributed by atoms with van der Waals surface area (Å²) in [5.41, 5.74) is 3.68. The van der Waals surface area contributed by atoms with Gasteiger partial charge in [0.15, 0.2) is 0 Å². The molecule has 0 unspecified atom stereocenters. The Kier molecular flexibility index (Phi) is 6.01. The quantitative estimate of drug-likeness (QED) is 0.539. The Labute approximate surface area is 163 Å². The van der Waals surface area contributed by atoms with Crippen molar-refractivity contribution in [2.45, 2.75) is 6.92 Å². The minimum atomic E-state index is -0.913. The van der Waals surface area contributed by atoms with E-state index in [2.05, 4.69) is 5.32 Å². The fourth-order valence-corrected chi connectivity index (χ4v) is 2.74. The summed E-state index contributed by atoms with van der Waals surface area (Å²) in [7, 11) is 1.62. The van der Waals surface area contributed by atoms with Gasteiger partial charge in [0.2, 0.25) is 0 Å². The normalized spacial score (nSPS) is 10.2. The van der Waals surface area contributed by atoms with E-state index in [9.17, 15) is 9.59 Å². The first-order chi connectivity index (χ1) is 13.6. The molecule has 0 aliphatic rings. The Morgan fingerprint density at radius 3 is 2.50 bits per heavy atom. The van der Waals surface area contributed by atoms with Crippen LogP contribution in [0.1, 0.15) is 6.92 Å². The molecule has 0 saturated heterocycles. The second-order valence-electron chi connectivity index (χ2n) is 5.86. The molecule has 0 aliphatic carbocycles. The van der Waals surface area contributed by atoms with Crippen LogP contribution in [0.5, 0.6) is 5.75 Å². The zero-order valence-electron chi connectivity index (χ0n) is 15.6. The number of rotatable bonds is 5. The second-order valence-corrected chi connectivity index (χ2v) is 5.86. The summed E-state index contributed by atoms with van der Waals surface area (Å²) in [6.07, 6.45) is 0. The highest BCUT2D eigenvalue weighted by atomic mass is 16.5. The molecule has 6 nitrogen and oxygen atoms in total. The molecule has 0 radical (unpaired) electrons. The summed E-state index contributed by atoms with van der Waals surface area (Å²) < 4.78 is 10.1. The van der Waals surface area contributed by atoms with Gasteiger partial charge in [-0.1, -0.05) is 30.3 Å². The van der Waals surface area contributed by atoms with Gasteiger partial charge in [0.05, 0.1) is 25.1 Å². The molecule has 0 bridgehead atoms. The van der Waals surface area contributed by atoms with Crippen LogP contribution in [0.25, 0.3) is 22.5 Å². The third kappa shape index (κ3) is 4.35. The van der Waals surface area contributed by atoms with Gasteiger partial charge in [-0.2, -0.15) is 0 Å². The minimum Gasteiger partial charge on any atom is -0.496 e. The number of methoxy groups -OCH3 is 1. The number of benzene rings is 2. The van der Waals surface area contributed by atoms with E-state index >= 15 is 0 Å². The van der Waals surface area contributed by atoms with E-state index in [0.717, 1.165) is 28.3 Å². The van der Waals surface area contributed by atoms with Crippen molar-refractivity contribution in [2.24, 2.45) is 0 Å². The van der Waals surface area contributed by atoms with Crippen LogP contribution in [-0.2, 0) is 14.3 Å². The lowest BCUT2D eigenvalue weighted by Gasteiger charge is -2.10. The number of para-hydroxylation sites is 1. The van der Waals surface area contributed by atoms with Gasteiger partial charge in [0.1, 0.15) is 5.75 Å². The second kappa shape index (κ2) is 8.81. The monoisotopic (exact) mass is 376 g/mol. The maximum Gasteiger partial charge on any atom is 0.397 e. The van der Waals surface area contributed by atoms with Gasteiger partial charge >= 0.3 is 11.9 Å². The van der Waals surface area contributed by atoms with Gasteiger partial charge in [-0.05, 0) is 43.3 Å². The summed E-state index contributed by atoms with van der Waals surface area (Å²) in [6.45, 7) is 1.79. The number of hydrogen-bond acceptors (Lipinski definition) is 5. The summed E-state index contributed by atoms with van der Waals surface area (Å²) in [5.74, 6) is -0.985. The molecule has 1 heterocycles. The number of anilines is 1. The van der Waals surface area contributed by atoms with Crippen LogP contribution in [0.3, 0.4) is 0 Å². The molecule has 0 spiro atoms. The zero-order chi connectivity index (χ0) is 19.9. The van der Waals surface area contributed by atoms with Crippen molar-refractivity contribution in [3.05, 3.63) is 66.7 Å². The molecule has 1 aromatic heterocycles. The molecule has 3 aromatic rings. The standard InChI is InChI=1S/C22H20N2O4/c1-3-28-22(26)21(25)23-16-9-6-8-15(14-16)18-11-7-12-19(24-18)17-10-4-5-13-20(17)27-2/h4-14H,3H2,1-2H3,(H,23,25). The lowest BCUT2D eigenvalue weighted by Crippen LogP contribution is -2.24. The van der Waals surface area contributed by atoms with Crippen LogP contribution >= 0.6 is 0 Å².